The molecular weight excluding hydrogens is 232 g/mol. The molecule has 1 atom stereocenters. The van der Waals surface area contributed by atoms with Gasteiger partial charge >= 0.3 is 5.97 Å². The van der Waals surface area contributed by atoms with E-state index in [0.717, 1.165) is 26.2 Å². The summed E-state index contributed by atoms with van der Waals surface area (Å²) in [5.74, 6) is -0.134. The first-order valence-electron chi connectivity index (χ1n) is 6.40. The highest BCUT2D eigenvalue weighted by Gasteiger charge is 2.29. The molecule has 0 radical (unpaired) electrons. The Morgan fingerprint density at radius 3 is 3.17 bits per heavy atom. The molecule has 6 heteroatoms. The lowest BCUT2D eigenvalue weighted by atomic mass is 10.2. The van der Waals surface area contributed by atoms with E-state index in [4.69, 9.17) is 4.74 Å². The summed E-state index contributed by atoms with van der Waals surface area (Å²) < 4.78 is 6.98. The normalized spacial score (nSPS) is 20.8. The van der Waals surface area contributed by atoms with Crippen LogP contribution in [0.5, 0.6) is 0 Å². The van der Waals surface area contributed by atoms with Crippen LogP contribution in [-0.4, -0.2) is 59.5 Å². The standard InChI is InChI=1S/C12H20N4O2/c1-2-18-12(17)11-10-13-5-7-15(11)8-9-16-6-3-4-14-16/h3-4,6,11,13H,2,5,7-10H2,1H3. The third kappa shape index (κ3) is 3.30. The molecule has 0 saturated carbocycles. The highest BCUT2D eigenvalue weighted by atomic mass is 16.5. The first kappa shape index (κ1) is 13.0. The summed E-state index contributed by atoms with van der Waals surface area (Å²) in [6, 6.07) is 1.73. The molecule has 2 rings (SSSR count). The van der Waals surface area contributed by atoms with Crippen molar-refractivity contribution in [2.45, 2.75) is 19.5 Å². The molecule has 0 amide bonds. The number of piperazine rings is 1. The molecular formula is C12H20N4O2. The quantitative estimate of drug-likeness (QED) is 0.730. The fraction of sp³-hybridized carbons (Fsp3) is 0.667. The molecule has 100 valence electrons. The lowest BCUT2D eigenvalue weighted by Gasteiger charge is -2.34. The zero-order valence-corrected chi connectivity index (χ0v) is 10.7. The van der Waals surface area contributed by atoms with Crippen LogP contribution in [0, 0.1) is 0 Å². The predicted molar refractivity (Wildman–Crippen MR) is 67.1 cm³/mol. The predicted octanol–water partition coefficient (Wildman–Crippen LogP) is -0.280. The topological polar surface area (TPSA) is 59.4 Å². The number of ether oxygens (including phenoxy) is 1. The molecule has 1 unspecified atom stereocenters. The zero-order chi connectivity index (χ0) is 12.8. The average molecular weight is 252 g/mol. The number of rotatable bonds is 5. The molecule has 6 nitrogen and oxygen atoms in total. The van der Waals surface area contributed by atoms with Gasteiger partial charge in [-0.05, 0) is 13.0 Å². The number of nitrogens with zero attached hydrogens (tertiary/aromatic N) is 3. The van der Waals surface area contributed by atoms with Crippen LogP contribution in [0.25, 0.3) is 0 Å². The van der Waals surface area contributed by atoms with Gasteiger partial charge in [-0.3, -0.25) is 14.4 Å². The number of carbonyl (C=O) groups excluding carboxylic acids is 1. The van der Waals surface area contributed by atoms with E-state index in [1.54, 1.807) is 6.20 Å². The van der Waals surface area contributed by atoms with Gasteiger partial charge in [-0.1, -0.05) is 0 Å². The first-order valence-corrected chi connectivity index (χ1v) is 6.40. The Balaban J connectivity index is 1.89. The summed E-state index contributed by atoms with van der Waals surface area (Å²) in [6.45, 7) is 6.32. The van der Waals surface area contributed by atoms with E-state index in [1.165, 1.54) is 0 Å². The van der Waals surface area contributed by atoms with Crippen molar-refractivity contribution in [2.24, 2.45) is 0 Å². The molecule has 1 aliphatic rings. The SMILES string of the molecule is CCOC(=O)C1CNCCN1CCn1cccn1. The fourth-order valence-corrected chi connectivity index (χ4v) is 2.15. The lowest BCUT2D eigenvalue weighted by molar-refractivity contribution is -0.150. The summed E-state index contributed by atoms with van der Waals surface area (Å²) >= 11 is 0. The maximum Gasteiger partial charge on any atom is 0.324 e. The number of carbonyl (C=O) groups is 1. The van der Waals surface area contributed by atoms with E-state index < -0.39 is 0 Å². The van der Waals surface area contributed by atoms with Gasteiger partial charge in [0, 0.05) is 38.6 Å². The van der Waals surface area contributed by atoms with Crippen LogP contribution in [0.2, 0.25) is 0 Å². The second kappa shape index (κ2) is 6.51. The monoisotopic (exact) mass is 252 g/mol. The smallest absolute Gasteiger partial charge is 0.324 e. The van der Waals surface area contributed by atoms with Crippen molar-refractivity contribution >= 4 is 5.97 Å². The second-order valence-corrected chi connectivity index (χ2v) is 4.28. The number of nitrogens with one attached hydrogen (secondary N) is 1. The molecule has 18 heavy (non-hydrogen) atoms. The molecule has 2 heterocycles. The molecule has 0 bridgehead atoms. The molecule has 1 saturated heterocycles. The van der Waals surface area contributed by atoms with Crippen molar-refractivity contribution in [3.63, 3.8) is 0 Å². The minimum absolute atomic E-state index is 0.134. The van der Waals surface area contributed by atoms with E-state index in [2.05, 4.69) is 15.3 Å². The number of hydrogen-bond acceptors (Lipinski definition) is 5. The fourth-order valence-electron chi connectivity index (χ4n) is 2.15. The third-order valence-electron chi connectivity index (χ3n) is 3.09. The van der Waals surface area contributed by atoms with Crippen molar-refractivity contribution < 1.29 is 9.53 Å². The van der Waals surface area contributed by atoms with Crippen molar-refractivity contribution in [1.82, 2.24) is 20.0 Å². The van der Waals surface area contributed by atoms with Gasteiger partial charge in [0.05, 0.1) is 13.2 Å². The average Bonchev–Trinajstić information content (AvgIpc) is 2.90. The van der Waals surface area contributed by atoms with Crippen LogP contribution in [0.1, 0.15) is 6.92 Å². The Bertz CT molecular complexity index is 366. The maximum absolute atomic E-state index is 11.8. The van der Waals surface area contributed by atoms with Gasteiger partial charge in [-0.25, -0.2) is 0 Å². The maximum atomic E-state index is 11.8. The van der Waals surface area contributed by atoms with Gasteiger partial charge in [0.15, 0.2) is 0 Å². The minimum atomic E-state index is -0.172. The van der Waals surface area contributed by atoms with Crippen molar-refractivity contribution in [3.8, 4) is 0 Å². The second-order valence-electron chi connectivity index (χ2n) is 4.28. The van der Waals surface area contributed by atoms with E-state index >= 15 is 0 Å². The molecule has 0 spiro atoms. The number of hydrogen-bond donors (Lipinski definition) is 1. The first-order chi connectivity index (χ1) is 8.81. The van der Waals surface area contributed by atoms with Gasteiger partial charge in [-0.2, -0.15) is 5.10 Å². The van der Waals surface area contributed by atoms with E-state index in [1.807, 2.05) is 23.9 Å². The minimum Gasteiger partial charge on any atom is -0.465 e. The van der Waals surface area contributed by atoms with Crippen molar-refractivity contribution in [3.05, 3.63) is 18.5 Å². The van der Waals surface area contributed by atoms with Crippen LogP contribution in [0.3, 0.4) is 0 Å². The summed E-state index contributed by atoms with van der Waals surface area (Å²) in [4.78, 5) is 14.0. The van der Waals surface area contributed by atoms with Gasteiger partial charge in [0.2, 0.25) is 0 Å². The van der Waals surface area contributed by atoms with Gasteiger partial charge in [0.1, 0.15) is 6.04 Å². The Kier molecular flexibility index (Phi) is 4.72. The van der Waals surface area contributed by atoms with Gasteiger partial charge in [-0.15, -0.1) is 0 Å². The third-order valence-corrected chi connectivity index (χ3v) is 3.09. The molecule has 1 aromatic rings. The van der Waals surface area contributed by atoms with Gasteiger partial charge in [0.25, 0.3) is 0 Å². The molecule has 1 fully saturated rings. The molecule has 0 aromatic carbocycles. The Morgan fingerprint density at radius 1 is 1.56 bits per heavy atom. The van der Waals surface area contributed by atoms with E-state index in [9.17, 15) is 4.79 Å². The number of esters is 1. The molecule has 1 aliphatic heterocycles. The zero-order valence-electron chi connectivity index (χ0n) is 10.7. The summed E-state index contributed by atoms with van der Waals surface area (Å²) in [5.41, 5.74) is 0. The number of aromatic nitrogens is 2. The Hall–Kier alpha value is -1.40. The van der Waals surface area contributed by atoms with E-state index in [-0.39, 0.29) is 12.0 Å². The van der Waals surface area contributed by atoms with Crippen molar-refractivity contribution in [2.75, 3.05) is 32.8 Å². The Labute approximate surface area is 107 Å². The highest BCUT2D eigenvalue weighted by Crippen LogP contribution is 2.06. The van der Waals surface area contributed by atoms with Crippen LogP contribution >= 0.6 is 0 Å². The van der Waals surface area contributed by atoms with Crippen LogP contribution in [0.4, 0.5) is 0 Å². The molecule has 1 N–H and O–H groups in total. The molecule has 0 aliphatic carbocycles. The largest absolute Gasteiger partial charge is 0.465 e. The summed E-state index contributed by atoms with van der Waals surface area (Å²) in [7, 11) is 0. The van der Waals surface area contributed by atoms with E-state index in [0.29, 0.717) is 13.2 Å². The lowest BCUT2D eigenvalue weighted by Crippen LogP contribution is -2.56. The van der Waals surface area contributed by atoms with Crippen molar-refractivity contribution in [1.29, 1.82) is 0 Å². The summed E-state index contributed by atoms with van der Waals surface area (Å²) in [5, 5.41) is 7.40. The highest BCUT2D eigenvalue weighted by molar-refractivity contribution is 5.76. The van der Waals surface area contributed by atoms with Crippen LogP contribution in [0.15, 0.2) is 18.5 Å². The Morgan fingerprint density at radius 2 is 2.44 bits per heavy atom. The molecule has 1 aromatic heterocycles. The summed E-state index contributed by atoms with van der Waals surface area (Å²) in [6.07, 6.45) is 3.70. The van der Waals surface area contributed by atoms with Crippen LogP contribution in [-0.2, 0) is 16.1 Å². The van der Waals surface area contributed by atoms with Crippen LogP contribution < -0.4 is 5.32 Å². The van der Waals surface area contributed by atoms with Gasteiger partial charge < -0.3 is 10.1 Å².